The zero-order chi connectivity index (χ0) is 18.5. The number of carbonyl (C=O) groups is 2. The number of methoxy groups -OCH3 is 2. The summed E-state index contributed by atoms with van der Waals surface area (Å²) in [5.74, 6) is 0.358. The van der Waals surface area contributed by atoms with Gasteiger partial charge in [-0.25, -0.2) is 0 Å². The normalized spacial score (nSPS) is 18.4. The Morgan fingerprint density at radius 2 is 1.04 bits per heavy atom. The molecule has 0 amide bonds. The molecular weight excluding hydrogens is 336 g/mol. The van der Waals surface area contributed by atoms with Gasteiger partial charge >= 0.3 is 11.9 Å². The van der Waals surface area contributed by atoms with Crippen LogP contribution in [-0.4, -0.2) is 26.2 Å². The zero-order valence-electron chi connectivity index (χ0n) is 14.6. The number of benzene rings is 2. The van der Waals surface area contributed by atoms with Crippen molar-refractivity contribution in [2.24, 2.45) is 11.8 Å². The van der Waals surface area contributed by atoms with E-state index >= 15 is 0 Å². The fourth-order valence-electron chi connectivity index (χ4n) is 2.79. The molecule has 1 aliphatic carbocycles. The van der Waals surface area contributed by atoms with Crippen molar-refractivity contribution >= 4 is 11.9 Å². The molecule has 0 atom stereocenters. The number of esters is 2. The molecule has 0 bridgehead atoms. The Hall–Kier alpha value is -3.02. The van der Waals surface area contributed by atoms with Crippen LogP contribution in [0.5, 0.6) is 23.0 Å². The molecule has 0 unspecified atom stereocenters. The van der Waals surface area contributed by atoms with Crippen molar-refractivity contribution in [3.05, 3.63) is 48.5 Å². The molecule has 6 nitrogen and oxygen atoms in total. The first-order valence-corrected chi connectivity index (χ1v) is 8.31. The summed E-state index contributed by atoms with van der Waals surface area (Å²) in [5.41, 5.74) is 0. The first-order valence-electron chi connectivity index (χ1n) is 8.31. The van der Waals surface area contributed by atoms with Gasteiger partial charge in [-0.1, -0.05) is 24.3 Å². The van der Waals surface area contributed by atoms with Gasteiger partial charge in [0.15, 0.2) is 23.0 Å². The van der Waals surface area contributed by atoms with Gasteiger partial charge in [-0.3, -0.25) is 9.59 Å². The third-order valence-corrected chi connectivity index (χ3v) is 4.36. The second-order valence-electron chi connectivity index (χ2n) is 6.01. The molecule has 0 N–H and O–H groups in total. The van der Waals surface area contributed by atoms with E-state index in [1.807, 2.05) is 0 Å². The number of hydrogen-bond acceptors (Lipinski definition) is 6. The highest BCUT2D eigenvalue weighted by Gasteiger charge is 2.41. The molecule has 26 heavy (non-hydrogen) atoms. The molecule has 136 valence electrons. The van der Waals surface area contributed by atoms with Crippen LogP contribution in [0, 0.1) is 11.8 Å². The SMILES string of the molecule is COc1ccccc1OC(=O)C1CC(C(=O)Oc2ccccc2OC)C1. The van der Waals surface area contributed by atoms with Crippen molar-refractivity contribution in [2.45, 2.75) is 12.8 Å². The van der Waals surface area contributed by atoms with E-state index in [-0.39, 0.29) is 23.8 Å². The second kappa shape index (κ2) is 7.91. The molecule has 0 spiro atoms. The van der Waals surface area contributed by atoms with Gasteiger partial charge in [0.05, 0.1) is 26.1 Å². The van der Waals surface area contributed by atoms with E-state index in [2.05, 4.69) is 0 Å². The fourth-order valence-corrected chi connectivity index (χ4v) is 2.79. The molecule has 3 rings (SSSR count). The summed E-state index contributed by atoms with van der Waals surface area (Å²) in [7, 11) is 3.03. The molecule has 0 heterocycles. The maximum absolute atomic E-state index is 12.2. The van der Waals surface area contributed by atoms with Gasteiger partial charge in [0.2, 0.25) is 0 Å². The van der Waals surface area contributed by atoms with Crippen molar-refractivity contribution in [3.63, 3.8) is 0 Å². The lowest BCUT2D eigenvalue weighted by atomic mass is 9.75. The Morgan fingerprint density at radius 3 is 1.38 bits per heavy atom. The van der Waals surface area contributed by atoms with E-state index in [0.29, 0.717) is 35.8 Å². The third kappa shape index (κ3) is 3.79. The van der Waals surface area contributed by atoms with Gasteiger partial charge in [-0.05, 0) is 37.1 Å². The van der Waals surface area contributed by atoms with E-state index in [0.717, 1.165) is 0 Å². The highest BCUT2D eigenvalue weighted by atomic mass is 16.6. The van der Waals surface area contributed by atoms with Gasteiger partial charge in [-0.2, -0.15) is 0 Å². The fraction of sp³-hybridized carbons (Fsp3) is 0.300. The standard InChI is InChI=1S/C20H20O6/c1-23-15-7-3-5-9-17(15)25-19(21)13-11-14(12-13)20(22)26-18-10-6-4-8-16(18)24-2/h3-10,13-14H,11-12H2,1-2H3. The number of ether oxygens (including phenoxy) is 4. The van der Waals surface area contributed by atoms with Crippen LogP contribution in [-0.2, 0) is 9.59 Å². The first kappa shape index (κ1) is 17.8. The molecule has 0 aromatic heterocycles. The van der Waals surface area contributed by atoms with Gasteiger partial charge in [-0.15, -0.1) is 0 Å². The van der Waals surface area contributed by atoms with Crippen molar-refractivity contribution in [2.75, 3.05) is 14.2 Å². The van der Waals surface area contributed by atoms with Crippen molar-refractivity contribution < 1.29 is 28.5 Å². The van der Waals surface area contributed by atoms with Crippen LogP contribution in [0.4, 0.5) is 0 Å². The summed E-state index contributed by atoms with van der Waals surface area (Å²) in [6, 6.07) is 13.9. The molecule has 0 radical (unpaired) electrons. The second-order valence-corrected chi connectivity index (χ2v) is 6.01. The monoisotopic (exact) mass is 356 g/mol. The van der Waals surface area contributed by atoms with Crippen molar-refractivity contribution in [3.8, 4) is 23.0 Å². The molecule has 6 heteroatoms. The predicted molar refractivity (Wildman–Crippen MR) is 93.5 cm³/mol. The first-order chi connectivity index (χ1) is 12.6. The van der Waals surface area contributed by atoms with E-state index in [4.69, 9.17) is 18.9 Å². The minimum absolute atomic E-state index is 0.324. The Morgan fingerprint density at radius 1 is 0.692 bits per heavy atom. The predicted octanol–water partition coefficient (Wildman–Crippen LogP) is 3.24. The Kier molecular flexibility index (Phi) is 5.41. The Bertz CT molecular complexity index is 729. The molecule has 1 aliphatic rings. The summed E-state index contributed by atoms with van der Waals surface area (Å²) in [6.07, 6.45) is 0.809. The molecule has 1 saturated carbocycles. The lowest BCUT2D eigenvalue weighted by Crippen LogP contribution is -2.39. The Labute approximate surface area is 151 Å². The van der Waals surface area contributed by atoms with Gasteiger partial charge < -0.3 is 18.9 Å². The zero-order valence-corrected chi connectivity index (χ0v) is 14.6. The van der Waals surface area contributed by atoms with E-state index < -0.39 is 0 Å². The van der Waals surface area contributed by atoms with E-state index in [1.54, 1.807) is 48.5 Å². The summed E-state index contributed by atoms with van der Waals surface area (Å²) in [6.45, 7) is 0. The lowest BCUT2D eigenvalue weighted by molar-refractivity contribution is -0.151. The summed E-state index contributed by atoms with van der Waals surface area (Å²) in [4.78, 5) is 24.5. The van der Waals surface area contributed by atoms with Crippen LogP contribution in [0.2, 0.25) is 0 Å². The quantitative estimate of drug-likeness (QED) is 0.584. The average Bonchev–Trinajstić information content (AvgIpc) is 2.61. The van der Waals surface area contributed by atoms with Crippen molar-refractivity contribution in [1.82, 2.24) is 0 Å². The molecule has 2 aromatic rings. The number of rotatable bonds is 6. The van der Waals surface area contributed by atoms with E-state index in [9.17, 15) is 9.59 Å². The average molecular weight is 356 g/mol. The highest BCUT2D eigenvalue weighted by molar-refractivity contribution is 5.82. The summed E-state index contributed by atoms with van der Waals surface area (Å²) < 4.78 is 21.1. The maximum atomic E-state index is 12.2. The van der Waals surface area contributed by atoms with Crippen molar-refractivity contribution in [1.29, 1.82) is 0 Å². The third-order valence-electron chi connectivity index (χ3n) is 4.36. The molecule has 2 aromatic carbocycles. The van der Waals surface area contributed by atoms with Crippen LogP contribution in [0.25, 0.3) is 0 Å². The molecule has 1 fully saturated rings. The summed E-state index contributed by atoms with van der Waals surface area (Å²) >= 11 is 0. The minimum Gasteiger partial charge on any atom is -0.493 e. The van der Waals surface area contributed by atoms with E-state index in [1.165, 1.54) is 14.2 Å². The summed E-state index contributed by atoms with van der Waals surface area (Å²) in [5, 5.41) is 0. The van der Waals surface area contributed by atoms with Crippen LogP contribution in [0.15, 0.2) is 48.5 Å². The molecule has 0 aliphatic heterocycles. The van der Waals surface area contributed by atoms with Crippen LogP contribution in [0.1, 0.15) is 12.8 Å². The van der Waals surface area contributed by atoms with Gasteiger partial charge in [0.25, 0.3) is 0 Å². The molecular formula is C20H20O6. The molecule has 0 saturated heterocycles. The highest BCUT2D eigenvalue weighted by Crippen LogP contribution is 2.38. The lowest BCUT2D eigenvalue weighted by Gasteiger charge is -2.31. The maximum Gasteiger partial charge on any atom is 0.314 e. The number of hydrogen-bond donors (Lipinski definition) is 0. The minimum atomic E-state index is -0.365. The topological polar surface area (TPSA) is 71.1 Å². The van der Waals surface area contributed by atoms with Gasteiger partial charge in [0, 0.05) is 0 Å². The van der Waals surface area contributed by atoms with Crippen LogP contribution >= 0.6 is 0 Å². The van der Waals surface area contributed by atoms with Crippen LogP contribution < -0.4 is 18.9 Å². The van der Waals surface area contributed by atoms with Crippen LogP contribution in [0.3, 0.4) is 0 Å². The Balaban J connectivity index is 1.53. The largest absolute Gasteiger partial charge is 0.493 e. The smallest absolute Gasteiger partial charge is 0.314 e. The van der Waals surface area contributed by atoms with Gasteiger partial charge in [0.1, 0.15) is 0 Å². The number of para-hydroxylation sites is 4. The number of carbonyl (C=O) groups excluding carboxylic acids is 2.